The fourth-order valence-corrected chi connectivity index (χ4v) is 4.22. The van der Waals surface area contributed by atoms with Gasteiger partial charge in [0.2, 0.25) is 0 Å². The summed E-state index contributed by atoms with van der Waals surface area (Å²) in [4.78, 5) is 32.1. The first-order valence-electron chi connectivity index (χ1n) is 11.0. The summed E-state index contributed by atoms with van der Waals surface area (Å²) in [7, 11) is 1.56. The normalized spacial score (nSPS) is 17.1. The van der Waals surface area contributed by atoms with Crippen LogP contribution < -0.4 is 9.47 Å². The fraction of sp³-hybridized carbons (Fsp3) is 0.222. The fourth-order valence-electron chi connectivity index (χ4n) is 4.22. The number of aryl methyl sites for hydroxylation is 1. The third-order valence-electron chi connectivity index (χ3n) is 5.82. The number of nitrogens with zero attached hydrogens (tertiary/aromatic N) is 2. The largest absolute Gasteiger partial charge is 0.507 e. The second-order valence-corrected chi connectivity index (χ2v) is 7.94. The Labute approximate surface area is 198 Å². The summed E-state index contributed by atoms with van der Waals surface area (Å²) in [6.07, 6.45) is 3.30. The van der Waals surface area contributed by atoms with Crippen molar-refractivity contribution in [1.82, 2.24) is 9.88 Å². The molecule has 7 nitrogen and oxygen atoms in total. The zero-order chi connectivity index (χ0) is 24.2. The van der Waals surface area contributed by atoms with Crippen LogP contribution in [0.25, 0.3) is 5.76 Å². The molecular formula is C27H26N2O5. The van der Waals surface area contributed by atoms with Crippen molar-refractivity contribution in [1.29, 1.82) is 0 Å². The summed E-state index contributed by atoms with van der Waals surface area (Å²) in [5, 5.41) is 11.4. The third-order valence-corrected chi connectivity index (χ3v) is 5.82. The van der Waals surface area contributed by atoms with E-state index in [2.05, 4.69) is 4.98 Å². The summed E-state index contributed by atoms with van der Waals surface area (Å²) >= 11 is 0. The molecular weight excluding hydrogens is 432 g/mol. The first-order chi connectivity index (χ1) is 16.5. The molecule has 0 spiro atoms. The minimum absolute atomic E-state index is 0.0225. The van der Waals surface area contributed by atoms with Crippen molar-refractivity contribution in [2.75, 3.05) is 13.7 Å². The van der Waals surface area contributed by atoms with Crippen LogP contribution in [0.15, 0.2) is 72.6 Å². The molecule has 0 aliphatic carbocycles. The van der Waals surface area contributed by atoms with Crippen LogP contribution in [0.4, 0.5) is 0 Å². The molecule has 0 radical (unpaired) electrons. The van der Waals surface area contributed by atoms with Gasteiger partial charge in [0.15, 0.2) is 0 Å². The quantitative estimate of drug-likeness (QED) is 0.320. The summed E-state index contributed by atoms with van der Waals surface area (Å²) < 4.78 is 11.1. The molecule has 1 aliphatic rings. The molecule has 2 heterocycles. The van der Waals surface area contributed by atoms with Gasteiger partial charge in [-0.25, -0.2) is 0 Å². The maximum atomic E-state index is 13.3. The Hall–Kier alpha value is -4.13. The van der Waals surface area contributed by atoms with Crippen LogP contribution >= 0.6 is 0 Å². The second-order valence-electron chi connectivity index (χ2n) is 7.94. The molecule has 1 saturated heterocycles. The van der Waals surface area contributed by atoms with Gasteiger partial charge in [-0.1, -0.05) is 24.3 Å². The number of rotatable bonds is 7. The number of Topliss-reactive ketones (excluding diaryl/α,β-unsaturated/α-hetero) is 1. The van der Waals surface area contributed by atoms with E-state index in [1.165, 1.54) is 4.90 Å². The average Bonchev–Trinajstić information content (AvgIpc) is 3.09. The Kier molecular flexibility index (Phi) is 6.63. The molecule has 1 aliphatic heterocycles. The summed E-state index contributed by atoms with van der Waals surface area (Å²) in [5.41, 5.74) is 2.59. The van der Waals surface area contributed by atoms with Crippen LogP contribution in [-0.2, 0) is 16.1 Å². The number of pyridine rings is 1. The van der Waals surface area contributed by atoms with Crippen molar-refractivity contribution in [3.63, 3.8) is 0 Å². The first-order valence-corrected chi connectivity index (χ1v) is 11.0. The average molecular weight is 459 g/mol. The number of methoxy groups -OCH3 is 1. The molecule has 0 bridgehead atoms. The van der Waals surface area contributed by atoms with Crippen molar-refractivity contribution >= 4 is 17.4 Å². The molecule has 1 aromatic heterocycles. The number of aliphatic hydroxyl groups is 1. The van der Waals surface area contributed by atoms with Gasteiger partial charge >= 0.3 is 0 Å². The lowest BCUT2D eigenvalue weighted by atomic mass is 9.93. The molecule has 1 amide bonds. The molecule has 2 aromatic carbocycles. The van der Waals surface area contributed by atoms with Gasteiger partial charge in [-0.2, -0.15) is 0 Å². The Morgan fingerprint density at radius 3 is 2.59 bits per heavy atom. The van der Waals surface area contributed by atoms with Gasteiger partial charge in [0, 0.05) is 30.1 Å². The van der Waals surface area contributed by atoms with E-state index in [1.54, 1.807) is 49.8 Å². The molecule has 3 aromatic rings. The highest BCUT2D eigenvalue weighted by Gasteiger charge is 2.47. The number of likely N-dealkylation sites (tertiary alicyclic amines) is 1. The lowest BCUT2D eigenvalue weighted by Gasteiger charge is -2.27. The van der Waals surface area contributed by atoms with Crippen LogP contribution in [-0.4, -0.2) is 40.4 Å². The SMILES string of the molecule is CCOc1ccccc1[C@H]1C(=C(O)c2ccc(OC)cc2C)C(=O)C(=O)N1Cc1cccnc1. The molecule has 174 valence electrons. The van der Waals surface area contributed by atoms with E-state index in [0.29, 0.717) is 34.8 Å². The zero-order valence-corrected chi connectivity index (χ0v) is 19.3. The lowest BCUT2D eigenvalue weighted by molar-refractivity contribution is -0.140. The van der Waals surface area contributed by atoms with Crippen molar-refractivity contribution < 1.29 is 24.2 Å². The zero-order valence-electron chi connectivity index (χ0n) is 19.3. The van der Waals surface area contributed by atoms with Gasteiger partial charge in [-0.05, 0) is 55.3 Å². The highest BCUT2D eigenvalue weighted by Crippen LogP contribution is 2.43. The predicted molar refractivity (Wildman–Crippen MR) is 127 cm³/mol. The van der Waals surface area contributed by atoms with Gasteiger partial charge in [0.1, 0.15) is 17.3 Å². The first kappa shape index (κ1) is 23.0. The number of para-hydroxylation sites is 1. The van der Waals surface area contributed by atoms with Crippen molar-refractivity contribution in [3.05, 3.63) is 94.8 Å². The molecule has 0 saturated carbocycles. The monoisotopic (exact) mass is 458 g/mol. The van der Waals surface area contributed by atoms with Crippen molar-refractivity contribution in [2.24, 2.45) is 0 Å². The number of ketones is 1. The van der Waals surface area contributed by atoms with Crippen LogP contribution in [0, 0.1) is 6.92 Å². The van der Waals surface area contributed by atoms with Crippen molar-refractivity contribution in [3.8, 4) is 11.5 Å². The minimum atomic E-state index is -0.829. The number of amides is 1. The van der Waals surface area contributed by atoms with E-state index in [0.717, 1.165) is 5.56 Å². The number of carbonyl (C=O) groups is 2. The topological polar surface area (TPSA) is 89.0 Å². The number of benzene rings is 2. The lowest BCUT2D eigenvalue weighted by Crippen LogP contribution is -2.29. The molecule has 4 rings (SSSR count). The molecule has 7 heteroatoms. The highest BCUT2D eigenvalue weighted by atomic mass is 16.5. The number of hydrogen-bond donors (Lipinski definition) is 1. The maximum Gasteiger partial charge on any atom is 0.295 e. The number of hydrogen-bond acceptors (Lipinski definition) is 6. The Balaban J connectivity index is 1.91. The number of ether oxygens (including phenoxy) is 2. The van der Waals surface area contributed by atoms with Crippen LogP contribution in [0.3, 0.4) is 0 Å². The van der Waals surface area contributed by atoms with Crippen LogP contribution in [0.5, 0.6) is 11.5 Å². The predicted octanol–water partition coefficient (Wildman–Crippen LogP) is 4.42. The molecule has 1 atom stereocenters. The van der Waals surface area contributed by atoms with E-state index in [9.17, 15) is 14.7 Å². The third kappa shape index (κ3) is 4.24. The van der Waals surface area contributed by atoms with Gasteiger partial charge in [-0.15, -0.1) is 0 Å². The standard InChI is InChI=1S/C27H26N2O5/c1-4-34-22-10-6-5-9-21(22)24-23(25(30)20-12-11-19(33-3)14-17(20)2)26(31)27(32)29(24)16-18-8-7-13-28-15-18/h5-15,24,30H,4,16H2,1-3H3/t24-/m0/s1. The Morgan fingerprint density at radius 1 is 1.12 bits per heavy atom. The summed E-state index contributed by atoms with van der Waals surface area (Å²) in [5.74, 6) is -0.487. The van der Waals surface area contributed by atoms with Crippen LogP contribution in [0.1, 0.15) is 35.2 Å². The van der Waals surface area contributed by atoms with Gasteiger partial charge < -0.3 is 19.5 Å². The van der Waals surface area contributed by atoms with Gasteiger partial charge in [0.05, 0.1) is 25.3 Å². The van der Waals surface area contributed by atoms with Crippen LogP contribution in [0.2, 0.25) is 0 Å². The molecule has 0 unspecified atom stereocenters. The Morgan fingerprint density at radius 2 is 1.91 bits per heavy atom. The summed E-state index contributed by atoms with van der Waals surface area (Å²) in [6, 6.07) is 15.2. The summed E-state index contributed by atoms with van der Waals surface area (Å²) in [6.45, 7) is 4.25. The van der Waals surface area contributed by atoms with E-state index in [1.807, 2.05) is 38.1 Å². The van der Waals surface area contributed by atoms with E-state index < -0.39 is 17.7 Å². The van der Waals surface area contributed by atoms with Gasteiger partial charge in [-0.3, -0.25) is 14.6 Å². The molecule has 34 heavy (non-hydrogen) atoms. The van der Waals surface area contributed by atoms with E-state index in [4.69, 9.17) is 9.47 Å². The van der Waals surface area contributed by atoms with Crippen molar-refractivity contribution in [2.45, 2.75) is 26.4 Å². The van der Waals surface area contributed by atoms with E-state index >= 15 is 0 Å². The molecule has 1 fully saturated rings. The molecule has 1 N–H and O–H groups in total. The van der Waals surface area contributed by atoms with Gasteiger partial charge in [0.25, 0.3) is 11.7 Å². The highest BCUT2D eigenvalue weighted by molar-refractivity contribution is 6.46. The smallest absolute Gasteiger partial charge is 0.295 e. The number of aliphatic hydroxyl groups excluding tert-OH is 1. The second kappa shape index (κ2) is 9.79. The number of carbonyl (C=O) groups excluding carboxylic acids is 2. The maximum absolute atomic E-state index is 13.3. The minimum Gasteiger partial charge on any atom is -0.507 e. The Bertz CT molecular complexity index is 1250. The number of aromatic nitrogens is 1. The van der Waals surface area contributed by atoms with E-state index in [-0.39, 0.29) is 17.9 Å².